The van der Waals surface area contributed by atoms with Crippen molar-refractivity contribution < 1.29 is 23.8 Å². The van der Waals surface area contributed by atoms with Gasteiger partial charge in [-0.15, -0.1) is 0 Å². The van der Waals surface area contributed by atoms with E-state index in [2.05, 4.69) is 4.99 Å². The van der Waals surface area contributed by atoms with Crippen LogP contribution < -0.4 is 4.74 Å². The third-order valence-corrected chi connectivity index (χ3v) is 4.56. The zero-order valence-corrected chi connectivity index (χ0v) is 16.1. The van der Waals surface area contributed by atoms with Crippen molar-refractivity contribution in [1.82, 2.24) is 0 Å². The number of carbonyl (C=O) groups excluding carboxylic acids is 2. The Morgan fingerprint density at radius 3 is 2.38 bits per heavy atom. The molecule has 0 saturated heterocycles. The molecule has 140 valence electrons. The van der Waals surface area contributed by atoms with Crippen molar-refractivity contribution in [3.8, 4) is 5.75 Å². The van der Waals surface area contributed by atoms with Crippen LogP contribution in [0.25, 0.3) is 0 Å². The first-order chi connectivity index (χ1) is 12.3. The highest BCUT2D eigenvalue weighted by Crippen LogP contribution is 2.41. The van der Waals surface area contributed by atoms with Crippen LogP contribution in [0.2, 0.25) is 0 Å². The average Bonchev–Trinajstić information content (AvgIpc) is 2.62. The van der Waals surface area contributed by atoms with Crippen LogP contribution in [-0.4, -0.2) is 38.5 Å². The quantitative estimate of drug-likeness (QED) is 0.755. The van der Waals surface area contributed by atoms with Gasteiger partial charge in [0, 0.05) is 17.3 Å². The lowest BCUT2D eigenvalue weighted by molar-refractivity contribution is -0.143. The van der Waals surface area contributed by atoms with Crippen molar-refractivity contribution in [3.05, 3.63) is 40.6 Å². The number of nitrogens with zero attached hydrogens (tertiary/aromatic N) is 1. The average molecular weight is 359 g/mol. The highest BCUT2D eigenvalue weighted by molar-refractivity contribution is 6.06. The Kier molecular flexibility index (Phi) is 6.18. The number of aliphatic imine (C=N–C) groups is 1. The summed E-state index contributed by atoms with van der Waals surface area (Å²) < 4.78 is 15.6. The van der Waals surface area contributed by atoms with E-state index in [0.29, 0.717) is 23.6 Å². The number of esters is 2. The van der Waals surface area contributed by atoms with Crippen molar-refractivity contribution in [2.45, 2.75) is 33.6 Å². The molecule has 6 heteroatoms. The molecule has 0 N–H and O–H groups in total. The van der Waals surface area contributed by atoms with Crippen molar-refractivity contribution >= 4 is 17.7 Å². The molecule has 0 fully saturated rings. The molecule has 0 spiro atoms. The van der Waals surface area contributed by atoms with Gasteiger partial charge >= 0.3 is 11.9 Å². The van der Waals surface area contributed by atoms with Crippen LogP contribution >= 0.6 is 0 Å². The maximum absolute atomic E-state index is 12.5. The van der Waals surface area contributed by atoms with E-state index < -0.39 is 23.8 Å². The first-order valence-electron chi connectivity index (χ1n) is 8.51. The molecule has 0 aromatic heterocycles. The van der Waals surface area contributed by atoms with Crippen molar-refractivity contribution in [1.29, 1.82) is 0 Å². The van der Waals surface area contributed by atoms with Crippen LogP contribution in [0.4, 0.5) is 0 Å². The minimum absolute atomic E-state index is 0.361. The summed E-state index contributed by atoms with van der Waals surface area (Å²) in [5, 5.41) is 0. The molecule has 0 aliphatic carbocycles. The molecule has 1 aliphatic heterocycles. The Balaban J connectivity index is 2.68. The number of hydrogen-bond donors (Lipinski definition) is 0. The second kappa shape index (κ2) is 8.17. The normalized spacial score (nSPS) is 19.7. The van der Waals surface area contributed by atoms with Gasteiger partial charge in [-0.3, -0.25) is 9.79 Å². The standard InChI is InChI=1S/C20H25NO5/c1-7-26-15-10-14(9-8-11(15)2)18-16(19(22)24-5)12(3)21-13(4)17(18)20(23)25-6/h8-10,16,18H,7H2,1-6H3/t16?,18-/m0/s1. The predicted octanol–water partition coefficient (Wildman–Crippen LogP) is 3.19. The molecule has 1 unspecified atom stereocenters. The van der Waals surface area contributed by atoms with E-state index in [-0.39, 0.29) is 0 Å². The summed E-state index contributed by atoms with van der Waals surface area (Å²) in [6, 6.07) is 5.68. The molecule has 0 bridgehead atoms. The number of rotatable bonds is 5. The Bertz CT molecular complexity index is 778. The Morgan fingerprint density at radius 2 is 1.81 bits per heavy atom. The van der Waals surface area contributed by atoms with Gasteiger partial charge in [0.25, 0.3) is 0 Å². The minimum atomic E-state index is -0.699. The molecule has 6 nitrogen and oxygen atoms in total. The second-order valence-electron chi connectivity index (χ2n) is 6.18. The topological polar surface area (TPSA) is 74.2 Å². The van der Waals surface area contributed by atoms with Gasteiger partial charge in [-0.05, 0) is 44.9 Å². The van der Waals surface area contributed by atoms with Crippen LogP contribution in [-0.2, 0) is 19.1 Å². The van der Waals surface area contributed by atoms with E-state index >= 15 is 0 Å². The largest absolute Gasteiger partial charge is 0.494 e. The maximum Gasteiger partial charge on any atom is 0.336 e. The molecule has 0 amide bonds. The maximum atomic E-state index is 12.5. The molecular formula is C20H25NO5. The molecule has 0 saturated carbocycles. The smallest absolute Gasteiger partial charge is 0.336 e. The van der Waals surface area contributed by atoms with E-state index in [1.807, 2.05) is 32.0 Å². The molecular weight excluding hydrogens is 334 g/mol. The van der Waals surface area contributed by atoms with Crippen LogP contribution in [0.15, 0.2) is 34.5 Å². The zero-order valence-electron chi connectivity index (χ0n) is 16.1. The van der Waals surface area contributed by atoms with Gasteiger partial charge < -0.3 is 14.2 Å². The zero-order chi connectivity index (χ0) is 19.4. The summed E-state index contributed by atoms with van der Waals surface area (Å²) in [5.74, 6) is -1.47. The second-order valence-corrected chi connectivity index (χ2v) is 6.18. The third kappa shape index (κ3) is 3.64. The lowest BCUT2D eigenvalue weighted by Crippen LogP contribution is -2.36. The van der Waals surface area contributed by atoms with Crippen LogP contribution in [0.1, 0.15) is 37.8 Å². The van der Waals surface area contributed by atoms with Crippen LogP contribution in [0.3, 0.4) is 0 Å². The molecule has 1 heterocycles. The summed E-state index contributed by atoms with van der Waals surface area (Å²) in [7, 11) is 2.65. The first-order valence-corrected chi connectivity index (χ1v) is 8.51. The number of benzene rings is 1. The van der Waals surface area contributed by atoms with Gasteiger partial charge in [-0.25, -0.2) is 4.79 Å². The molecule has 2 atom stereocenters. The highest BCUT2D eigenvalue weighted by atomic mass is 16.5. The van der Waals surface area contributed by atoms with Crippen molar-refractivity contribution in [3.63, 3.8) is 0 Å². The summed E-state index contributed by atoms with van der Waals surface area (Å²) in [5.41, 5.74) is 3.26. The van der Waals surface area contributed by atoms with Crippen molar-refractivity contribution in [2.24, 2.45) is 10.9 Å². The lowest BCUT2D eigenvalue weighted by atomic mass is 9.75. The Morgan fingerprint density at radius 1 is 1.12 bits per heavy atom. The summed E-state index contributed by atoms with van der Waals surface area (Å²) >= 11 is 0. The number of ether oxygens (including phenoxy) is 3. The number of aryl methyl sites for hydroxylation is 1. The Hall–Kier alpha value is -2.63. The van der Waals surface area contributed by atoms with Gasteiger partial charge in [-0.2, -0.15) is 0 Å². The van der Waals surface area contributed by atoms with Gasteiger partial charge in [0.1, 0.15) is 11.7 Å². The lowest BCUT2D eigenvalue weighted by Gasteiger charge is -2.31. The first kappa shape index (κ1) is 19.7. The van der Waals surface area contributed by atoms with Gasteiger partial charge in [-0.1, -0.05) is 12.1 Å². The number of carbonyl (C=O) groups is 2. The van der Waals surface area contributed by atoms with Crippen molar-refractivity contribution in [2.75, 3.05) is 20.8 Å². The fourth-order valence-electron chi connectivity index (χ4n) is 3.33. The van der Waals surface area contributed by atoms with E-state index in [9.17, 15) is 9.59 Å². The molecule has 1 aromatic rings. The van der Waals surface area contributed by atoms with Gasteiger partial charge in [0.2, 0.25) is 0 Å². The van der Waals surface area contributed by atoms with Crippen LogP contribution in [0.5, 0.6) is 5.75 Å². The summed E-state index contributed by atoms with van der Waals surface area (Å²) in [6.07, 6.45) is 0. The van der Waals surface area contributed by atoms with Gasteiger partial charge in [0.05, 0.1) is 26.4 Å². The SMILES string of the molecule is CCOc1cc([C@@H]2C(C(=O)OC)=C(C)N=C(C)C2C(=O)OC)ccc1C. The highest BCUT2D eigenvalue weighted by Gasteiger charge is 2.42. The Labute approximate surface area is 153 Å². The van der Waals surface area contributed by atoms with E-state index in [0.717, 1.165) is 16.9 Å². The van der Waals surface area contributed by atoms with Crippen LogP contribution in [0, 0.1) is 12.8 Å². The fraction of sp³-hybridized carbons (Fsp3) is 0.450. The predicted molar refractivity (Wildman–Crippen MR) is 98.4 cm³/mol. The number of allylic oxidation sites excluding steroid dienone is 1. The third-order valence-electron chi connectivity index (χ3n) is 4.56. The molecule has 1 aromatic carbocycles. The minimum Gasteiger partial charge on any atom is -0.494 e. The summed E-state index contributed by atoms with van der Waals surface area (Å²) in [6.45, 7) is 7.89. The molecule has 1 aliphatic rings. The monoisotopic (exact) mass is 359 g/mol. The van der Waals surface area contributed by atoms with E-state index in [4.69, 9.17) is 14.2 Å². The summed E-state index contributed by atoms with van der Waals surface area (Å²) in [4.78, 5) is 29.4. The number of methoxy groups -OCH3 is 2. The van der Waals surface area contributed by atoms with E-state index in [1.165, 1.54) is 14.2 Å². The number of hydrogen-bond acceptors (Lipinski definition) is 6. The fourth-order valence-corrected chi connectivity index (χ4v) is 3.33. The van der Waals surface area contributed by atoms with Gasteiger partial charge in [0.15, 0.2) is 0 Å². The molecule has 26 heavy (non-hydrogen) atoms. The van der Waals surface area contributed by atoms with E-state index in [1.54, 1.807) is 13.8 Å². The molecule has 2 rings (SSSR count). The molecule has 0 radical (unpaired) electrons.